The van der Waals surface area contributed by atoms with Gasteiger partial charge in [0.15, 0.2) is 9.84 Å². The van der Waals surface area contributed by atoms with Crippen LogP contribution in [-0.2, 0) is 19.9 Å². The standard InChI is InChI=1S/C10H14N2O5S2/c13-9-3-4-11-7-10(9)19(16,17)12-6-8-2-1-5-18(8,14)15/h3-4,7-8,12H,1-2,5-6H2,(H,11,13). The molecule has 1 aliphatic heterocycles. The lowest BCUT2D eigenvalue weighted by atomic mass is 10.2. The lowest BCUT2D eigenvalue weighted by Gasteiger charge is -2.10. The third-order valence-corrected chi connectivity index (χ3v) is 6.76. The van der Waals surface area contributed by atoms with E-state index in [9.17, 15) is 21.6 Å². The molecule has 2 N–H and O–H groups in total. The number of pyridine rings is 1. The maximum atomic E-state index is 11.9. The highest BCUT2D eigenvalue weighted by Gasteiger charge is 2.32. The van der Waals surface area contributed by atoms with Gasteiger partial charge < -0.3 is 4.98 Å². The zero-order valence-corrected chi connectivity index (χ0v) is 11.6. The summed E-state index contributed by atoms with van der Waals surface area (Å²) in [7, 11) is -7.20. The summed E-state index contributed by atoms with van der Waals surface area (Å²) in [5.41, 5.74) is -0.638. The number of hydrogen-bond donors (Lipinski definition) is 2. The molecule has 0 spiro atoms. The summed E-state index contributed by atoms with van der Waals surface area (Å²) in [5.74, 6) is 0.0886. The number of rotatable bonds is 4. The summed E-state index contributed by atoms with van der Waals surface area (Å²) in [5, 5.41) is -0.704. The Morgan fingerprint density at radius 1 is 1.42 bits per heavy atom. The average Bonchev–Trinajstić information content (AvgIpc) is 2.66. The minimum absolute atomic E-state index is 0.0886. The van der Waals surface area contributed by atoms with Crippen LogP contribution in [0.3, 0.4) is 0 Å². The van der Waals surface area contributed by atoms with Crippen LogP contribution >= 0.6 is 0 Å². The highest BCUT2D eigenvalue weighted by atomic mass is 32.2. The molecule has 2 heterocycles. The Morgan fingerprint density at radius 2 is 2.16 bits per heavy atom. The molecular weight excluding hydrogens is 292 g/mol. The van der Waals surface area contributed by atoms with Gasteiger partial charge in [-0.15, -0.1) is 0 Å². The monoisotopic (exact) mass is 306 g/mol. The molecule has 7 nitrogen and oxygen atoms in total. The van der Waals surface area contributed by atoms with Crippen molar-refractivity contribution in [2.45, 2.75) is 23.0 Å². The first-order valence-electron chi connectivity index (χ1n) is 5.71. The molecule has 0 bridgehead atoms. The highest BCUT2D eigenvalue weighted by Crippen LogP contribution is 2.19. The van der Waals surface area contributed by atoms with E-state index in [1.807, 2.05) is 0 Å². The normalized spacial score (nSPS) is 22.4. The van der Waals surface area contributed by atoms with E-state index in [2.05, 4.69) is 9.71 Å². The molecule has 1 saturated heterocycles. The fraction of sp³-hybridized carbons (Fsp3) is 0.500. The number of hydrogen-bond acceptors (Lipinski definition) is 5. The summed E-state index contributed by atoms with van der Waals surface area (Å²) in [6.07, 6.45) is 3.38. The van der Waals surface area contributed by atoms with E-state index in [1.54, 1.807) is 0 Å². The maximum Gasteiger partial charge on any atom is 0.245 e. The molecule has 1 aliphatic rings. The van der Waals surface area contributed by atoms with Gasteiger partial charge in [-0.3, -0.25) is 4.79 Å². The predicted octanol–water partition coefficient (Wildman–Crippen LogP) is -0.770. The smallest absolute Gasteiger partial charge is 0.245 e. The third-order valence-electron chi connectivity index (χ3n) is 3.04. The van der Waals surface area contributed by atoms with Gasteiger partial charge in [-0.05, 0) is 12.8 Å². The number of sulfonamides is 1. The minimum Gasteiger partial charge on any atom is -0.366 e. The lowest BCUT2D eigenvalue weighted by molar-refractivity contribution is 0.570. The summed E-state index contributed by atoms with van der Waals surface area (Å²) >= 11 is 0. The summed E-state index contributed by atoms with van der Waals surface area (Å²) in [6.45, 7) is -0.195. The molecule has 0 radical (unpaired) electrons. The highest BCUT2D eigenvalue weighted by molar-refractivity contribution is 7.92. The Hall–Kier alpha value is -1.19. The van der Waals surface area contributed by atoms with Gasteiger partial charge in [0.05, 0.1) is 11.0 Å². The van der Waals surface area contributed by atoms with Crippen LogP contribution in [0.5, 0.6) is 0 Å². The van der Waals surface area contributed by atoms with E-state index in [4.69, 9.17) is 0 Å². The zero-order valence-electron chi connectivity index (χ0n) is 10.00. The van der Waals surface area contributed by atoms with E-state index in [0.29, 0.717) is 12.8 Å². The quantitative estimate of drug-likeness (QED) is 0.758. The molecule has 1 fully saturated rings. The Labute approximate surface area is 111 Å². The Kier molecular flexibility index (Phi) is 3.79. The van der Waals surface area contributed by atoms with Crippen molar-refractivity contribution in [2.75, 3.05) is 12.3 Å². The number of nitrogens with one attached hydrogen (secondary N) is 2. The van der Waals surface area contributed by atoms with Crippen LogP contribution in [0.4, 0.5) is 0 Å². The minimum atomic E-state index is -3.99. The van der Waals surface area contributed by atoms with E-state index in [1.165, 1.54) is 6.20 Å². The van der Waals surface area contributed by atoms with Gasteiger partial charge in [0.25, 0.3) is 0 Å². The van der Waals surface area contributed by atoms with Crippen LogP contribution in [0, 0.1) is 0 Å². The second-order valence-corrected chi connectivity index (χ2v) is 8.49. The average molecular weight is 306 g/mol. The Morgan fingerprint density at radius 3 is 2.74 bits per heavy atom. The van der Waals surface area contributed by atoms with Crippen LogP contribution in [0.25, 0.3) is 0 Å². The van der Waals surface area contributed by atoms with Crippen molar-refractivity contribution in [2.24, 2.45) is 0 Å². The summed E-state index contributed by atoms with van der Waals surface area (Å²) in [6, 6.07) is 1.10. The fourth-order valence-electron chi connectivity index (χ4n) is 1.98. The number of aromatic nitrogens is 1. The van der Waals surface area contributed by atoms with Gasteiger partial charge in [0, 0.05) is 25.0 Å². The van der Waals surface area contributed by atoms with E-state index < -0.39 is 35.4 Å². The van der Waals surface area contributed by atoms with Crippen molar-refractivity contribution in [3.05, 3.63) is 28.7 Å². The van der Waals surface area contributed by atoms with Crippen LogP contribution in [0.15, 0.2) is 28.2 Å². The van der Waals surface area contributed by atoms with E-state index in [-0.39, 0.29) is 12.3 Å². The van der Waals surface area contributed by atoms with Crippen molar-refractivity contribution in [3.8, 4) is 0 Å². The first-order valence-corrected chi connectivity index (χ1v) is 8.91. The molecule has 1 aromatic rings. The summed E-state index contributed by atoms with van der Waals surface area (Å²) < 4.78 is 49.1. The molecule has 1 atom stereocenters. The molecule has 0 saturated carbocycles. The molecule has 0 aliphatic carbocycles. The number of aromatic amines is 1. The SMILES string of the molecule is O=c1cc[nH]cc1S(=O)(=O)NCC1CCCS1(=O)=O. The van der Waals surface area contributed by atoms with Crippen molar-refractivity contribution in [3.63, 3.8) is 0 Å². The molecular formula is C10H14N2O5S2. The van der Waals surface area contributed by atoms with Gasteiger partial charge in [0.1, 0.15) is 4.90 Å². The van der Waals surface area contributed by atoms with Crippen molar-refractivity contribution in [1.82, 2.24) is 9.71 Å². The second kappa shape index (κ2) is 5.06. The number of H-pyrrole nitrogens is 1. The topological polar surface area (TPSA) is 113 Å². The number of sulfone groups is 1. The largest absolute Gasteiger partial charge is 0.366 e. The van der Waals surface area contributed by atoms with Gasteiger partial charge in [-0.25, -0.2) is 21.6 Å². The third kappa shape index (κ3) is 3.04. The molecule has 106 valence electrons. The molecule has 0 aromatic carbocycles. The molecule has 1 aromatic heterocycles. The Bertz CT molecular complexity index is 720. The summed E-state index contributed by atoms with van der Waals surface area (Å²) in [4.78, 5) is 13.5. The molecule has 1 unspecified atom stereocenters. The van der Waals surface area contributed by atoms with Gasteiger partial charge >= 0.3 is 0 Å². The van der Waals surface area contributed by atoms with E-state index >= 15 is 0 Å². The first kappa shape index (κ1) is 14.2. The van der Waals surface area contributed by atoms with Gasteiger partial charge in [0.2, 0.25) is 15.5 Å². The predicted molar refractivity (Wildman–Crippen MR) is 69.1 cm³/mol. The first-order chi connectivity index (χ1) is 8.83. The van der Waals surface area contributed by atoms with Crippen LogP contribution < -0.4 is 10.2 Å². The molecule has 0 amide bonds. The van der Waals surface area contributed by atoms with Crippen molar-refractivity contribution in [1.29, 1.82) is 0 Å². The molecule has 9 heteroatoms. The van der Waals surface area contributed by atoms with Crippen LogP contribution in [-0.4, -0.2) is 39.4 Å². The zero-order chi connectivity index (χ0) is 14.1. The fourth-order valence-corrected chi connectivity index (χ4v) is 4.98. The van der Waals surface area contributed by atoms with Crippen LogP contribution in [0.1, 0.15) is 12.8 Å². The Balaban J connectivity index is 2.16. The van der Waals surface area contributed by atoms with Gasteiger partial charge in [-0.2, -0.15) is 0 Å². The maximum absolute atomic E-state index is 11.9. The van der Waals surface area contributed by atoms with E-state index in [0.717, 1.165) is 12.3 Å². The van der Waals surface area contributed by atoms with Crippen LogP contribution in [0.2, 0.25) is 0 Å². The van der Waals surface area contributed by atoms with Crippen molar-refractivity contribution < 1.29 is 16.8 Å². The molecule has 19 heavy (non-hydrogen) atoms. The van der Waals surface area contributed by atoms with Crippen molar-refractivity contribution >= 4 is 19.9 Å². The van der Waals surface area contributed by atoms with Gasteiger partial charge in [-0.1, -0.05) is 0 Å². The molecule has 2 rings (SSSR count). The second-order valence-electron chi connectivity index (χ2n) is 4.36. The lowest BCUT2D eigenvalue weighted by Crippen LogP contribution is -2.36.